The largest absolute Gasteiger partial charge is 0.341 e. The lowest BCUT2D eigenvalue weighted by molar-refractivity contribution is -0.137. The maximum Gasteiger partial charge on any atom is 0.250 e. The van der Waals surface area contributed by atoms with Crippen LogP contribution in [-0.4, -0.2) is 132 Å². The minimum absolute atomic E-state index is 0.0207. The van der Waals surface area contributed by atoms with Gasteiger partial charge in [0.2, 0.25) is 17.7 Å². The van der Waals surface area contributed by atoms with Crippen molar-refractivity contribution in [2.45, 2.75) is 81.8 Å². The van der Waals surface area contributed by atoms with Crippen LogP contribution in [0.15, 0.2) is 122 Å². The van der Waals surface area contributed by atoms with E-state index in [0.717, 1.165) is 157 Å². The molecule has 4 aliphatic rings. The van der Waals surface area contributed by atoms with E-state index < -0.39 is 12.0 Å². The third-order valence-corrected chi connectivity index (χ3v) is 17.5. The molecule has 10 rings (SSSR count). The zero-order chi connectivity index (χ0) is 50.6. The number of carbonyl (C=O) groups is 4. The highest BCUT2D eigenvalue weighted by atomic mass is 32.1. The molecule has 4 aliphatic heterocycles. The van der Waals surface area contributed by atoms with Crippen LogP contribution >= 0.6 is 22.7 Å². The number of aromatic nitrogens is 2. The van der Waals surface area contributed by atoms with E-state index in [1.807, 2.05) is 82.9 Å². The van der Waals surface area contributed by atoms with Gasteiger partial charge in [-0.05, 0) is 85.0 Å². The lowest BCUT2D eigenvalue weighted by Gasteiger charge is -2.29. The zero-order valence-electron chi connectivity index (χ0n) is 42.3. The summed E-state index contributed by atoms with van der Waals surface area (Å²) in [6.45, 7) is 11.0. The summed E-state index contributed by atoms with van der Waals surface area (Å²) in [6, 6.07) is 35.6. The van der Waals surface area contributed by atoms with Crippen LogP contribution in [-0.2, 0) is 19.2 Å². The van der Waals surface area contributed by atoms with E-state index in [4.69, 9.17) is 9.97 Å². The maximum atomic E-state index is 14.5. The molecule has 15 heteroatoms. The molecule has 0 bridgehead atoms. The summed E-state index contributed by atoms with van der Waals surface area (Å²) in [7, 11) is 0. The standard InChI is InChI=1S/C59H69N9O4S2/c69-48(15-7-31-65-35-27-60-28-36-65)39-49(44-11-3-1-4-12-44)58(71)67-33-8-16-50(67)56-62-40-52(73-56)45-23-19-42(20-24-45)43-21-25-46(26-22-43)53-41-63-57(74-53)51-17-9-34-68(51)59(72)55(47-13-5-2-6-14-47)64-54(70)18-10-32-66-37-29-61-30-38-66/h1-6,11-14,19-26,40-41,49-51,55,60-61H,7-10,15-18,27-39H2,(H,64,70)/t49-,50+,51+,55-/m1/s1. The summed E-state index contributed by atoms with van der Waals surface area (Å²) in [4.78, 5) is 76.3. The number of carbonyl (C=O) groups excluding carboxylic acids is 4. The number of hydrogen-bond donors (Lipinski definition) is 3. The van der Waals surface area contributed by atoms with Crippen LogP contribution in [0.5, 0.6) is 0 Å². The third-order valence-electron chi connectivity index (χ3n) is 15.2. The summed E-state index contributed by atoms with van der Waals surface area (Å²) in [5, 5.41) is 11.7. The van der Waals surface area contributed by atoms with Gasteiger partial charge in [0.05, 0.1) is 27.8 Å². The second-order valence-corrected chi connectivity index (χ2v) is 22.3. The number of amides is 3. The Morgan fingerprint density at radius 3 is 1.53 bits per heavy atom. The highest BCUT2D eigenvalue weighted by Gasteiger charge is 2.38. The summed E-state index contributed by atoms with van der Waals surface area (Å²) < 4.78 is 0. The smallest absolute Gasteiger partial charge is 0.250 e. The summed E-state index contributed by atoms with van der Waals surface area (Å²) in [5.74, 6) is -0.527. The van der Waals surface area contributed by atoms with Gasteiger partial charge in [0.1, 0.15) is 21.8 Å². The van der Waals surface area contributed by atoms with Gasteiger partial charge in [0.25, 0.3) is 0 Å². The molecule has 0 spiro atoms. The fourth-order valence-electron chi connectivity index (χ4n) is 11.1. The van der Waals surface area contributed by atoms with E-state index in [1.54, 1.807) is 22.7 Å². The average Bonchev–Trinajstić information content (AvgIpc) is 4.31. The Balaban J connectivity index is 0.755. The van der Waals surface area contributed by atoms with E-state index >= 15 is 0 Å². The minimum atomic E-state index is -0.755. The molecule has 3 N–H and O–H groups in total. The topological polar surface area (TPSA) is 143 Å². The first-order valence-electron chi connectivity index (χ1n) is 26.9. The number of nitrogens with zero attached hydrogens (tertiary/aromatic N) is 6. The molecular formula is C59H69N9O4S2. The molecule has 13 nitrogen and oxygen atoms in total. The number of hydrogen-bond acceptors (Lipinski definition) is 12. The van der Waals surface area contributed by atoms with Gasteiger partial charge in [0.15, 0.2) is 0 Å². The van der Waals surface area contributed by atoms with Crippen LogP contribution in [0.3, 0.4) is 0 Å². The summed E-state index contributed by atoms with van der Waals surface area (Å²) in [6.07, 6.45) is 9.97. The highest BCUT2D eigenvalue weighted by molar-refractivity contribution is 7.15. The van der Waals surface area contributed by atoms with Crippen LogP contribution in [0.2, 0.25) is 0 Å². The first-order valence-corrected chi connectivity index (χ1v) is 28.5. The van der Waals surface area contributed by atoms with Crippen LogP contribution < -0.4 is 16.0 Å². The lowest BCUT2D eigenvalue weighted by atomic mass is 9.91. The van der Waals surface area contributed by atoms with Gasteiger partial charge in [-0.2, -0.15) is 0 Å². The van der Waals surface area contributed by atoms with Crippen molar-refractivity contribution in [1.82, 2.24) is 45.5 Å². The number of thiazole rings is 2. The second kappa shape index (κ2) is 25.1. The number of ketones is 1. The predicted octanol–water partition coefficient (Wildman–Crippen LogP) is 8.90. The molecule has 74 heavy (non-hydrogen) atoms. The average molecular weight is 1030 g/mol. The predicted molar refractivity (Wildman–Crippen MR) is 295 cm³/mol. The van der Waals surface area contributed by atoms with Crippen molar-refractivity contribution in [1.29, 1.82) is 0 Å². The Kier molecular flexibility index (Phi) is 17.5. The summed E-state index contributed by atoms with van der Waals surface area (Å²) in [5.41, 5.74) is 6.04. The van der Waals surface area contributed by atoms with Gasteiger partial charge in [-0.3, -0.25) is 19.2 Å². The van der Waals surface area contributed by atoms with Crippen molar-refractivity contribution in [3.05, 3.63) is 143 Å². The van der Waals surface area contributed by atoms with Crippen LogP contribution in [0.1, 0.15) is 103 Å². The van der Waals surface area contributed by atoms with E-state index in [0.29, 0.717) is 25.9 Å². The molecule has 3 amide bonds. The number of nitrogens with one attached hydrogen (secondary N) is 3. The first-order chi connectivity index (χ1) is 36.3. The first kappa shape index (κ1) is 51.5. The molecule has 386 valence electrons. The molecule has 0 radical (unpaired) electrons. The third kappa shape index (κ3) is 12.8. The minimum Gasteiger partial charge on any atom is -0.341 e. The highest BCUT2D eigenvalue weighted by Crippen LogP contribution is 2.41. The van der Waals surface area contributed by atoms with Crippen LogP contribution in [0.4, 0.5) is 0 Å². The van der Waals surface area contributed by atoms with Crippen molar-refractivity contribution in [3.63, 3.8) is 0 Å². The molecule has 2 aromatic heterocycles. The second-order valence-electron chi connectivity index (χ2n) is 20.2. The van der Waals surface area contributed by atoms with Crippen molar-refractivity contribution in [2.24, 2.45) is 0 Å². The van der Waals surface area contributed by atoms with Gasteiger partial charge in [-0.1, -0.05) is 109 Å². The van der Waals surface area contributed by atoms with Gasteiger partial charge in [-0.25, -0.2) is 9.97 Å². The molecule has 4 atom stereocenters. The van der Waals surface area contributed by atoms with Crippen molar-refractivity contribution < 1.29 is 19.2 Å². The Hall–Kier alpha value is -5.94. The molecule has 4 saturated heterocycles. The van der Waals surface area contributed by atoms with Gasteiger partial charge in [0, 0.05) is 97.1 Å². The number of Topliss-reactive ketones (excluding diaryl/α,β-unsaturated/α-hetero) is 1. The Morgan fingerprint density at radius 2 is 1.01 bits per heavy atom. The molecule has 6 heterocycles. The molecule has 4 aromatic carbocycles. The van der Waals surface area contributed by atoms with E-state index in [-0.39, 0.29) is 42.0 Å². The van der Waals surface area contributed by atoms with Gasteiger partial charge in [-0.15, -0.1) is 22.7 Å². The van der Waals surface area contributed by atoms with Crippen LogP contribution in [0, 0.1) is 0 Å². The van der Waals surface area contributed by atoms with Crippen molar-refractivity contribution >= 4 is 46.2 Å². The molecule has 6 aromatic rings. The van der Waals surface area contributed by atoms with Gasteiger partial charge >= 0.3 is 0 Å². The molecule has 0 saturated carbocycles. The number of benzene rings is 4. The molecule has 0 aliphatic carbocycles. The van der Waals surface area contributed by atoms with Crippen molar-refractivity contribution in [3.8, 4) is 32.0 Å². The Bertz CT molecular complexity index is 2600. The molecular weight excluding hydrogens is 963 g/mol. The normalized spacial score (nSPS) is 19.4. The lowest BCUT2D eigenvalue weighted by Crippen LogP contribution is -2.44. The SMILES string of the molecule is O=C(CCCN1CCNCC1)C[C@@H](C(=O)N1CCC[C@H]1c1ncc(-c2ccc(-c3ccc(-c4cnc([C@@H]5CCCN5C(=O)[C@H](NC(=O)CCCN5CCNCC5)c5ccccc5)s4)cc3)cc2)s1)c1ccccc1. The monoisotopic (exact) mass is 1030 g/mol. The zero-order valence-corrected chi connectivity index (χ0v) is 44.0. The molecule has 0 unspecified atom stereocenters. The number of likely N-dealkylation sites (tertiary alicyclic amines) is 2. The van der Waals surface area contributed by atoms with Crippen molar-refractivity contribution in [2.75, 3.05) is 78.5 Å². The van der Waals surface area contributed by atoms with E-state index in [9.17, 15) is 19.2 Å². The maximum absolute atomic E-state index is 14.5. The van der Waals surface area contributed by atoms with Gasteiger partial charge < -0.3 is 35.6 Å². The quantitative estimate of drug-likeness (QED) is 0.0679. The Morgan fingerprint density at radius 1 is 0.554 bits per heavy atom. The molecule has 4 fully saturated rings. The fourth-order valence-corrected chi connectivity index (χ4v) is 13.2. The van der Waals surface area contributed by atoms with Crippen LogP contribution in [0.25, 0.3) is 32.0 Å². The van der Waals surface area contributed by atoms with E-state index in [2.05, 4.69) is 74.3 Å². The number of piperazine rings is 2. The fraction of sp³-hybridized carbons (Fsp3) is 0.424. The summed E-state index contributed by atoms with van der Waals surface area (Å²) >= 11 is 3.27. The van der Waals surface area contributed by atoms with E-state index in [1.165, 1.54) is 0 Å². The number of rotatable bonds is 20. The Labute approximate surface area is 443 Å².